The van der Waals surface area contributed by atoms with Crippen LogP contribution in [0.2, 0.25) is 0 Å². The minimum atomic E-state index is -0.486. The number of methoxy groups -OCH3 is 1. The number of anilines is 3. The maximum atomic E-state index is 11.5. The van der Waals surface area contributed by atoms with Crippen molar-refractivity contribution in [2.45, 2.75) is 20.3 Å². The van der Waals surface area contributed by atoms with Crippen LogP contribution in [-0.4, -0.2) is 28.5 Å². The molecular weight excluding hydrogens is 310 g/mol. The summed E-state index contributed by atoms with van der Waals surface area (Å²) >= 11 is 0. The summed E-state index contributed by atoms with van der Waals surface area (Å²) in [6.45, 7) is 4.78. The topological polar surface area (TPSA) is 102 Å². The Labute approximate surface area is 140 Å². The molecule has 8 nitrogen and oxygen atoms in total. The van der Waals surface area contributed by atoms with Crippen molar-refractivity contribution in [3.8, 4) is 5.75 Å². The molecule has 0 spiro atoms. The third kappa shape index (κ3) is 4.55. The molecule has 0 aliphatic rings. The van der Waals surface area contributed by atoms with Gasteiger partial charge in [-0.2, -0.15) is 0 Å². The van der Waals surface area contributed by atoms with E-state index in [0.717, 1.165) is 6.42 Å². The largest absolute Gasteiger partial charge is 0.497 e. The van der Waals surface area contributed by atoms with Crippen LogP contribution in [0.4, 0.5) is 23.0 Å². The molecule has 0 atom stereocenters. The normalized spacial score (nSPS) is 10.5. The van der Waals surface area contributed by atoms with Crippen molar-refractivity contribution >= 4 is 23.0 Å². The molecule has 24 heavy (non-hydrogen) atoms. The van der Waals surface area contributed by atoms with Crippen LogP contribution in [0.25, 0.3) is 0 Å². The monoisotopic (exact) mass is 331 g/mol. The van der Waals surface area contributed by atoms with Gasteiger partial charge in [0.15, 0.2) is 0 Å². The molecule has 2 rings (SSSR count). The first-order valence-electron chi connectivity index (χ1n) is 7.65. The van der Waals surface area contributed by atoms with Gasteiger partial charge in [0.2, 0.25) is 11.6 Å². The van der Waals surface area contributed by atoms with Gasteiger partial charge in [0.1, 0.15) is 12.1 Å². The van der Waals surface area contributed by atoms with E-state index in [2.05, 4.69) is 34.4 Å². The molecule has 0 unspecified atom stereocenters. The maximum Gasteiger partial charge on any atom is 0.353 e. The van der Waals surface area contributed by atoms with Gasteiger partial charge in [0, 0.05) is 18.3 Å². The van der Waals surface area contributed by atoms with Gasteiger partial charge in [-0.3, -0.25) is 10.1 Å². The summed E-state index contributed by atoms with van der Waals surface area (Å²) in [6.07, 6.45) is 2.19. The van der Waals surface area contributed by atoms with Crippen molar-refractivity contribution in [1.82, 2.24) is 9.97 Å². The fourth-order valence-electron chi connectivity index (χ4n) is 2.09. The Bertz CT molecular complexity index is 706. The molecule has 8 heteroatoms. The van der Waals surface area contributed by atoms with Gasteiger partial charge in [0.25, 0.3) is 0 Å². The second-order valence-corrected chi connectivity index (χ2v) is 5.64. The first-order valence-corrected chi connectivity index (χ1v) is 7.65. The molecule has 128 valence electrons. The van der Waals surface area contributed by atoms with Gasteiger partial charge in [-0.05, 0) is 24.5 Å². The minimum absolute atomic E-state index is 0.135. The fourth-order valence-corrected chi connectivity index (χ4v) is 2.09. The highest BCUT2D eigenvalue weighted by molar-refractivity contribution is 5.74. The van der Waals surface area contributed by atoms with E-state index in [-0.39, 0.29) is 17.3 Å². The Kier molecular flexibility index (Phi) is 5.89. The third-order valence-corrected chi connectivity index (χ3v) is 3.35. The molecule has 0 fully saturated rings. The Morgan fingerprint density at radius 2 is 2.04 bits per heavy atom. The van der Waals surface area contributed by atoms with Gasteiger partial charge in [-0.15, -0.1) is 0 Å². The summed E-state index contributed by atoms with van der Waals surface area (Å²) in [5, 5.41) is 17.4. The number of rotatable bonds is 8. The lowest BCUT2D eigenvalue weighted by atomic mass is 10.1. The summed E-state index contributed by atoms with van der Waals surface area (Å²) in [4.78, 5) is 19.0. The van der Waals surface area contributed by atoms with Crippen molar-refractivity contribution in [2.75, 3.05) is 24.3 Å². The lowest BCUT2D eigenvalue weighted by Crippen LogP contribution is -2.10. The van der Waals surface area contributed by atoms with Crippen LogP contribution in [0.5, 0.6) is 5.75 Å². The van der Waals surface area contributed by atoms with Crippen LogP contribution in [0.3, 0.4) is 0 Å². The summed E-state index contributed by atoms with van der Waals surface area (Å²) in [6, 6.07) is 7.09. The number of aromatic nitrogens is 2. The molecule has 0 aliphatic carbocycles. The predicted molar refractivity (Wildman–Crippen MR) is 92.9 cm³/mol. The second-order valence-electron chi connectivity index (χ2n) is 5.64. The average molecular weight is 331 g/mol. The minimum Gasteiger partial charge on any atom is -0.497 e. The first-order chi connectivity index (χ1) is 11.5. The molecule has 1 heterocycles. The van der Waals surface area contributed by atoms with Gasteiger partial charge in [-0.25, -0.2) is 9.97 Å². The third-order valence-electron chi connectivity index (χ3n) is 3.35. The molecule has 2 aromatic rings. The molecule has 0 saturated heterocycles. The van der Waals surface area contributed by atoms with Crippen LogP contribution >= 0.6 is 0 Å². The summed E-state index contributed by atoms with van der Waals surface area (Å²) in [7, 11) is 1.56. The maximum absolute atomic E-state index is 11.5. The number of nitrogens with one attached hydrogen (secondary N) is 2. The van der Waals surface area contributed by atoms with E-state index in [0.29, 0.717) is 23.9 Å². The van der Waals surface area contributed by atoms with E-state index in [4.69, 9.17) is 4.74 Å². The molecule has 0 bridgehead atoms. The Balaban J connectivity index is 2.26. The lowest BCUT2D eigenvalue weighted by molar-refractivity contribution is -0.383. The number of hydrogen-bond donors (Lipinski definition) is 2. The molecule has 0 saturated carbocycles. The van der Waals surface area contributed by atoms with Crippen molar-refractivity contribution in [1.29, 1.82) is 0 Å². The van der Waals surface area contributed by atoms with E-state index >= 15 is 0 Å². The number of nitrogens with zero attached hydrogens (tertiary/aromatic N) is 3. The van der Waals surface area contributed by atoms with Crippen LogP contribution in [-0.2, 0) is 0 Å². The molecule has 0 amide bonds. The van der Waals surface area contributed by atoms with Gasteiger partial charge >= 0.3 is 5.69 Å². The first kappa shape index (κ1) is 17.5. The van der Waals surface area contributed by atoms with Crippen LogP contribution in [0, 0.1) is 16.0 Å². The van der Waals surface area contributed by atoms with Crippen molar-refractivity contribution < 1.29 is 9.66 Å². The van der Waals surface area contributed by atoms with E-state index in [9.17, 15) is 10.1 Å². The molecule has 1 aromatic heterocycles. The highest BCUT2D eigenvalue weighted by Gasteiger charge is 2.23. The van der Waals surface area contributed by atoms with E-state index in [1.54, 1.807) is 31.4 Å². The molecule has 1 aromatic carbocycles. The summed E-state index contributed by atoms with van der Waals surface area (Å²) in [5.74, 6) is 1.48. The molecular formula is C16H21N5O3. The van der Waals surface area contributed by atoms with Crippen LogP contribution < -0.4 is 15.4 Å². The van der Waals surface area contributed by atoms with Crippen molar-refractivity contribution in [3.63, 3.8) is 0 Å². The number of ether oxygens (including phenoxy) is 1. The van der Waals surface area contributed by atoms with E-state index < -0.39 is 4.92 Å². The van der Waals surface area contributed by atoms with Gasteiger partial charge in [-0.1, -0.05) is 19.9 Å². The van der Waals surface area contributed by atoms with Gasteiger partial charge < -0.3 is 15.4 Å². The number of hydrogen-bond acceptors (Lipinski definition) is 7. The quantitative estimate of drug-likeness (QED) is 0.563. The zero-order valence-corrected chi connectivity index (χ0v) is 13.9. The van der Waals surface area contributed by atoms with Gasteiger partial charge in [0.05, 0.1) is 12.0 Å². The standard InChI is InChI=1S/C16H21N5O3/c1-11(2)7-8-17-15-14(21(22)23)16(19-10-18-15)20-12-5-4-6-13(9-12)24-3/h4-6,9-11H,7-8H2,1-3H3,(H2,17,18,19,20). The van der Waals surface area contributed by atoms with Crippen molar-refractivity contribution in [2.24, 2.45) is 5.92 Å². The van der Waals surface area contributed by atoms with E-state index in [1.807, 2.05) is 0 Å². The summed E-state index contributed by atoms with van der Waals surface area (Å²) in [5.41, 5.74) is 0.466. The lowest BCUT2D eigenvalue weighted by Gasteiger charge is -2.11. The average Bonchev–Trinajstić information content (AvgIpc) is 2.54. The predicted octanol–water partition coefficient (Wildman–Crippen LogP) is 3.60. The molecule has 2 N–H and O–H groups in total. The Hall–Kier alpha value is -2.90. The van der Waals surface area contributed by atoms with Crippen LogP contribution in [0.1, 0.15) is 20.3 Å². The summed E-state index contributed by atoms with van der Waals surface area (Å²) < 4.78 is 5.15. The van der Waals surface area contributed by atoms with E-state index in [1.165, 1.54) is 6.33 Å². The smallest absolute Gasteiger partial charge is 0.353 e. The number of benzene rings is 1. The molecule has 0 radical (unpaired) electrons. The zero-order chi connectivity index (χ0) is 17.5. The highest BCUT2D eigenvalue weighted by atomic mass is 16.6. The second kappa shape index (κ2) is 8.09. The zero-order valence-electron chi connectivity index (χ0n) is 13.9. The highest BCUT2D eigenvalue weighted by Crippen LogP contribution is 2.31. The fraction of sp³-hybridized carbons (Fsp3) is 0.375. The van der Waals surface area contributed by atoms with Crippen LogP contribution in [0.15, 0.2) is 30.6 Å². The molecule has 0 aliphatic heterocycles. The Morgan fingerprint density at radius 1 is 1.29 bits per heavy atom. The Morgan fingerprint density at radius 3 is 2.71 bits per heavy atom. The van der Waals surface area contributed by atoms with Crippen molar-refractivity contribution in [3.05, 3.63) is 40.7 Å². The number of nitro groups is 1. The SMILES string of the molecule is COc1cccc(Nc2ncnc(NCCC(C)C)c2[N+](=O)[O-])c1.